The maximum Gasteiger partial charge on any atom is 0.518 e. The minimum atomic E-state index is -0.781. The molecule has 0 bridgehead atoms. The number of aromatic nitrogens is 2. The lowest BCUT2D eigenvalue weighted by molar-refractivity contribution is 0.265. The standard InChI is InChI=1S/C17H12ClN3O5/c18-16-20-14-12(15(21-16)19-7-10-3-2-6-23-10)4-1-5-13(14)24-8-11-9-25-17(22)26-11/h1-6,9H,7-8H2,(H,19,20,21). The molecule has 0 aliphatic carbocycles. The fourth-order valence-corrected chi connectivity index (χ4v) is 2.58. The van der Waals surface area contributed by atoms with Gasteiger partial charge >= 0.3 is 5.82 Å². The van der Waals surface area contributed by atoms with Crippen LogP contribution in [0, 0.1) is 0 Å². The fourth-order valence-electron chi connectivity index (χ4n) is 2.42. The zero-order valence-corrected chi connectivity index (χ0v) is 14.0. The number of nitrogens with zero attached hydrogens (tertiary/aromatic N) is 2. The lowest BCUT2D eigenvalue weighted by Gasteiger charge is -2.11. The lowest BCUT2D eigenvalue weighted by atomic mass is 10.2. The van der Waals surface area contributed by atoms with Gasteiger partial charge in [0.15, 0.2) is 5.76 Å². The Hall–Kier alpha value is -3.26. The number of benzene rings is 1. The van der Waals surface area contributed by atoms with Crippen molar-refractivity contribution in [2.24, 2.45) is 0 Å². The monoisotopic (exact) mass is 373 g/mol. The van der Waals surface area contributed by atoms with Gasteiger partial charge in [-0.3, -0.25) is 0 Å². The normalized spacial score (nSPS) is 11.0. The predicted octanol–water partition coefficient (Wildman–Crippen LogP) is 3.61. The molecule has 3 aromatic heterocycles. The summed E-state index contributed by atoms with van der Waals surface area (Å²) in [5.41, 5.74) is 0.528. The van der Waals surface area contributed by atoms with Gasteiger partial charge in [0.25, 0.3) is 0 Å². The predicted molar refractivity (Wildman–Crippen MR) is 92.2 cm³/mol. The second kappa shape index (κ2) is 6.93. The average molecular weight is 374 g/mol. The molecule has 1 aromatic carbocycles. The van der Waals surface area contributed by atoms with E-state index in [2.05, 4.69) is 19.7 Å². The topological polar surface area (TPSA) is 104 Å². The van der Waals surface area contributed by atoms with Crippen LogP contribution in [0.3, 0.4) is 0 Å². The van der Waals surface area contributed by atoms with Crippen LogP contribution in [-0.4, -0.2) is 9.97 Å². The summed E-state index contributed by atoms with van der Waals surface area (Å²) < 4.78 is 20.4. The molecule has 3 heterocycles. The molecule has 0 radical (unpaired) electrons. The number of hydrogen-bond donors (Lipinski definition) is 1. The highest BCUT2D eigenvalue weighted by Gasteiger charge is 2.12. The molecule has 132 valence electrons. The number of para-hydroxylation sites is 1. The minimum absolute atomic E-state index is 0.0155. The van der Waals surface area contributed by atoms with Crippen molar-refractivity contribution >= 4 is 28.3 Å². The SMILES string of the molecule is O=c1occ(COc2cccc3c(NCc4ccco4)nc(Cl)nc23)o1. The lowest BCUT2D eigenvalue weighted by Crippen LogP contribution is -2.03. The van der Waals surface area contributed by atoms with Crippen molar-refractivity contribution in [3.05, 3.63) is 70.3 Å². The molecule has 0 aliphatic heterocycles. The molecule has 26 heavy (non-hydrogen) atoms. The van der Waals surface area contributed by atoms with E-state index in [1.165, 1.54) is 6.26 Å². The molecular formula is C17H12ClN3O5. The van der Waals surface area contributed by atoms with E-state index in [4.69, 9.17) is 25.2 Å². The van der Waals surface area contributed by atoms with E-state index >= 15 is 0 Å². The summed E-state index contributed by atoms with van der Waals surface area (Å²) in [5.74, 6) is 1.27. The van der Waals surface area contributed by atoms with E-state index in [0.717, 1.165) is 11.1 Å². The second-order valence-corrected chi connectivity index (χ2v) is 5.61. The smallest absolute Gasteiger partial charge is 0.483 e. The zero-order valence-electron chi connectivity index (χ0n) is 13.3. The first kappa shape index (κ1) is 16.2. The average Bonchev–Trinajstić information content (AvgIpc) is 3.29. The van der Waals surface area contributed by atoms with Crippen LogP contribution in [0.5, 0.6) is 5.75 Å². The van der Waals surface area contributed by atoms with Gasteiger partial charge < -0.3 is 23.3 Å². The van der Waals surface area contributed by atoms with Gasteiger partial charge in [-0.25, -0.2) is 14.8 Å². The summed E-state index contributed by atoms with van der Waals surface area (Å²) in [4.78, 5) is 19.4. The molecule has 0 unspecified atom stereocenters. The van der Waals surface area contributed by atoms with Crippen molar-refractivity contribution in [3.63, 3.8) is 0 Å². The maximum atomic E-state index is 10.9. The molecule has 0 spiro atoms. The highest BCUT2D eigenvalue weighted by Crippen LogP contribution is 2.30. The highest BCUT2D eigenvalue weighted by molar-refractivity contribution is 6.29. The molecule has 0 aliphatic rings. The van der Waals surface area contributed by atoms with Gasteiger partial charge in [0.1, 0.15) is 35.7 Å². The summed E-state index contributed by atoms with van der Waals surface area (Å²) in [6, 6.07) is 9.05. The van der Waals surface area contributed by atoms with E-state index in [1.54, 1.807) is 18.4 Å². The summed E-state index contributed by atoms with van der Waals surface area (Å²) in [6.07, 6.45) is 2.80. The van der Waals surface area contributed by atoms with Gasteiger partial charge in [0.2, 0.25) is 5.28 Å². The Morgan fingerprint density at radius 2 is 2.04 bits per heavy atom. The van der Waals surface area contributed by atoms with E-state index in [-0.39, 0.29) is 17.7 Å². The third-order valence-corrected chi connectivity index (χ3v) is 3.71. The highest BCUT2D eigenvalue weighted by atomic mass is 35.5. The number of rotatable bonds is 6. The maximum absolute atomic E-state index is 10.9. The van der Waals surface area contributed by atoms with Crippen LogP contribution in [0.1, 0.15) is 11.5 Å². The van der Waals surface area contributed by atoms with Crippen molar-refractivity contribution in [1.29, 1.82) is 0 Å². The molecule has 4 rings (SSSR count). The van der Waals surface area contributed by atoms with E-state index in [9.17, 15) is 4.79 Å². The molecular weight excluding hydrogens is 362 g/mol. The van der Waals surface area contributed by atoms with Gasteiger partial charge in [-0.05, 0) is 35.9 Å². The quantitative estimate of drug-likeness (QED) is 0.511. The van der Waals surface area contributed by atoms with Crippen LogP contribution < -0.4 is 15.9 Å². The Balaban J connectivity index is 1.63. The molecule has 9 heteroatoms. The summed E-state index contributed by atoms with van der Waals surface area (Å²) in [5, 5.41) is 3.98. The van der Waals surface area contributed by atoms with Crippen LogP contribution in [0.4, 0.5) is 5.82 Å². The van der Waals surface area contributed by atoms with Crippen LogP contribution in [-0.2, 0) is 13.2 Å². The Kier molecular flexibility index (Phi) is 4.32. The van der Waals surface area contributed by atoms with Crippen LogP contribution in [0.2, 0.25) is 5.28 Å². The number of ether oxygens (including phenoxy) is 1. The first-order chi connectivity index (χ1) is 12.7. The fraction of sp³-hybridized carbons (Fsp3) is 0.118. The first-order valence-electron chi connectivity index (χ1n) is 7.62. The van der Waals surface area contributed by atoms with E-state index < -0.39 is 5.82 Å². The Morgan fingerprint density at radius 1 is 1.12 bits per heavy atom. The molecule has 4 aromatic rings. The van der Waals surface area contributed by atoms with Crippen LogP contribution >= 0.6 is 11.6 Å². The van der Waals surface area contributed by atoms with Crippen molar-refractivity contribution in [2.75, 3.05) is 5.32 Å². The number of halogens is 1. The van der Waals surface area contributed by atoms with Crippen molar-refractivity contribution in [2.45, 2.75) is 13.2 Å². The Labute approximate surface area is 151 Å². The van der Waals surface area contributed by atoms with Crippen LogP contribution in [0.25, 0.3) is 10.9 Å². The van der Waals surface area contributed by atoms with Gasteiger partial charge in [0.05, 0.1) is 12.8 Å². The third-order valence-electron chi connectivity index (χ3n) is 3.54. The van der Waals surface area contributed by atoms with Crippen molar-refractivity contribution in [3.8, 4) is 5.75 Å². The van der Waals surface area contributed by atoms with E-state index in [0.29, 0.717) is 23.6 Å². The largest absolute Gasteiger partial charge is 0.518 e. The van der Waals surface area contributed by atoms with Gasteiger partial charge in [0, 0.05) is 5.39 Å². The molecule has 0 atom stereocenters. The Bertz CT molecular complexity index is 1090. The summed E-state index contributed by atoms with van der Waals surface area (Å²) in [6.45, 7) is 0.461. The van der Waals surface area contributed by atoms with Gasteiger partial charge in [-0.1, -0.05) is 6.07 Å². The number of furan rings is 1. The van der Waals surface area contributed by atoms with Crippen molar-refractivity contribution < 1.29 is 18.0 Å². The minimum Gasteiger partial charge on any atom is -0.483 e. The van der Waals surface area contributed by atoms with Crippen molar-refractivity contribution in [1.82, 2.24) is 9.97 Å². The molecule has 0 amide bonds. The van der Waals surface area contributed by atoms with E-state index in [1.807, 2.05) is 18.2 Å². The third kappa shape index (κ3) is 3.40. The second-order valence-electron chi connectivity index (χ2n) is 5.27. The molecule has 1 N–H and O–H groups in total. The number of fused-ring (bicyclic) bond motifs is 1. The number of hydrogen-bond acceptors (Lipinski definition) is 8. The van der Waals surface area contributed by atoms with Gasteiger partial charge in [-0.2, -0.15) is 0 Å². The summed E-state index contributed by atoms with van der Waals surface area (Å²) >= 11 is 6.06. The number of anilines is 1. The molecule has 0 fully saturated rings. The molecule has 0 saturated heterocycles. The Morgan fingerprint density at radius 3 is 2.81 bits per heavy atom. The molecule has 8 nitrogen and oxygen atoms in total. The number of nitrogens with one attached hydrogen (secondary N) is 1. The summed E-state index contributed by atoms with van der Waals surface area (Å²) in [7, 11) is 0. The van der Waals surface area contributed by atoms with Gasteiger partial charge in [-0.15, -0.1) is 0 Å². The zero-order chi connectivity index (χ0) is 17.9. The van der Waals surface area contributed by atoms with Crippen LogP contribution in [0.15, 0.2) is 60.9 Å². The first-order valence-corrected chi connectivity index (χ1v) is 7.99. The molecule has 0 saturated carbocycles.